The van der Waals surface area contributed by atoms with Crippen molar-refractivity contribution < 1.29 is 9.90 Å². The Kier molecular flexibility index (Phi) is 5.33. The second kappa shape index (κ2) is 6.84. The van der Waals surface area contributed by atoms with Crippen LogP contribution in [-0.2, 0) is 4.79 Å². The van der Waals surface area contributed by atoms with Gasteiger partial charge in [-0.3, -0.25) is 9.69 Å². The molecule has 21 heavy (non-hydrogen) atoms. The van der Waals surface area contributed by atoms with Crippen molar-refractivity contribution in [3.63, 3.8) is 0 Å². The third-order valence-corrected chi connectivity index (χ3v) is 5.46. The van der Waals surface area contributed by atoms with Crippen LogP contribution < -0.4 is 0 Å². The minimum Gasteiger partial charge on any atom is -0.481 e. The summed E-state index contributed by atoms with van der Waals surface area (Å²) in [5.41, 5.74) is 0.730. The van der Waals surface area contributed by atoms with Crippen LogP contribution in [0, 0.1) is 5.41 Å². The number of likely N-dealkylation sites (tertiary alicyclic amines) is 1. The van der Waals surface area contributed by atoms with Gasteiger partial charge in [-0.1, -0.05) is 25.5 Å². The molecule has 1 aliphatic rings. The Bertz CT molecular complexity index is 488. The standard InChI is InChI=1S/C17H25NO2S/c1-4-9-17(16(19)20)10-11-18(12-17)13(2)14-5-7-15(21-3)8-6-14/h5-8,13H,4,9-12H2,1-3H3,(H,19,20). The summed E-state index contributed by atoms with van der Waals surface area (Å²) in [5.74, 6) is -0.628. The molecule has 1 aliphatic heterocycles. The van der Waals surface area contributed by atoms with Gasteiger partial charge in [-0.15, -0.1) is 11.8 Å². The van der Waals surface area contributed by atoms with E-state index in [0.29, 0.717) is 6.54 Å². The van der Waals surface area contributed by atoms with Crippen LogP contribution >= 0.6 is 11.8 Å². The van der Waals surface area contributed by atoms with Crippen molar-refractivity contribution in [2.24, 2.45) is 5.41 Å². The molecule has 1 N–H and O–H groups in total. The highest BCUT2D eigenvalue weighted by atomic mass is 32.2. The molecule has 1 fully saturated rings. The minimum atomic E-state index is -0.628. The average molecular weight is 307 g/mol. The van der Waals surface area contributed by atoms with Gasteiger partial charge in [0.25, 0.3) is 0 Å². The summed E-state index contributed by atoms with van der Waals surface area (Å²) in [6.45, 7) is 5.79. The van der Waals surface area contributed by atoms with E-state index < -0.39 is 11.4 Å². The molecule has 1 heterocycles. The molecule has 3 nitrogen and oxygen atoms in total. The molecule has 0 radical (unpaired) electrons. The number of carboxylic acid groups (broad SMARTS) is 1. The smallest absolute Gasteiger partial charge is 0.310 e. The van der Waals surface area contributed by atoms with Gasteiger partial charge in [0.15, 0.2) is 0 Å². The Morgan fingerprint density at radius 2 is 2.10 bits per heavy atom. The maximum atomic E-state index is 11.7. The molecule has 1 saturated heterocycles. The first-order chi connectivity index (χ1) is 10.0. The second-order valence-electron chi connectivity index (χ2n) is 6.01. The van der Waals surface area contributed by atoms with E-state index in [1.165, 1.54) is 10.5 Å². The van der Waals surface area contributed by atoms with Gasteiger partial charge in [0.1, 0.15) is 0 Å². The molecule has 0 aliphatic carbocycles. The molecule has 2 unspecified atom stereocenters. The van der Waals surface area contributed by atoms with E-state index in [1.54, 1.807) is 11.8 Å². The molecule has 1 aromatic rings. The zero-order chi connectivity index (χ0) is 15.5. The lowest BCUT2D eigenvalue weighted by Gasteiger charge is -2.28. The van der Waals surface area contributed by atoms with Gasteiger partial charge < -0.3 is 5.11 Å². The van der Waals surface area contributed by atoms with Crippen molar-refractivity contribution in [2.45, 2.75) is 44.0 Å². The van der Waals surface area contributed by atoms with E-state index in [4.69, 9.17) is 0 Å². The van der Waals surface area contributed by atoms with Gasteiger partial charge >= 0.3 is 5.97 Å². The van der Waals surface area contributed by atoms with Gasteiger partial charge in [-0.2, -0.15) is 0 Å². The highest BCUT2D eigenvalue weighted by Gasteiger charge is 2.45. The fourth-order valence-corrected chi connectivity index (χ4v) is 3.70. The normalized spacial score (nSPS) is 24.1. The summed E-state index contributed by atoms with van der Waals surface area (Å²) in [6.07, 6.45) is 4.54. The van der Waals surface area contributed by atoms with Crippen molar-refractivity contribution in [1.82, 2.24) is 4.90 Å². The fraction of sp³-hybridized carbons (Fsp3) is 0.588. The summed E-state index contributed by atoms with van der Waals surface area (Å²) in [7, 11) is 0. The van der Waals surface area contributed by atoms with E-state index in [2.05, 4.69) is 49.3 Å². The van der Waals surface area contributed by atoms with Crippen LogP contribution in [0.1, 0.15) is 44.7 Å². The number of carboxylic acids is 1. The summed E-state index contributed by atoms with van der Waals surface area (Å²) in [4.78, 5) is 15.3. The summed E-state index contributed by atoms with van der Waals surface area (Å²) >= 11 is 1.74. The van der Waals surface area contributed by atoms with Crippen LogP contribution in [0.2, 0.25) is 0 Å². The lowest BCUT2D eigenvalue weighted by molar-refractivity contribution is -0.148. The first-order valence-electron chi connectivity index (χ1n) is 7.64. The Balaban J connectivity index is 2.10. The van der Waals surface area contributed by atoms with E-state index in [0.717, 1.165) is 25.8 Å². The summed E-state index contributed by atoms with van der Waals surface area (Å²) < 4.78 is 0. The SMILES string of the molecule is CCCC1(C(=O)O)CCN(C(C)c2ccc(SC)cc2)C1. The van der Waals surface area contributed by atoms with Gasteiger partial charge in [-0.05, 0) is 50.3 Å². The van der Waals surface area contributed by atoms with Crippen LogP contribution in [-0.4, -0.2) is 35.3 Å². The first kappa shape index (κ1) is 16.4. The molecule has 0 spiro atoms. The second-order valence-corrected chi connectivity index (χ2v) is 6.88. The molecule has 1 aromatic carbocycles. The minimum absolute atomic E-state index is 0.277. The topological polar surface area (TPSA) is 40.5 Å². The Labute approximate surface area is 131 Å². The molecule has 0 amide bonds. The molecule has 0 bridgehead atoms. The van der Waals surface area contributed by atoms with Crippen LogP contribution in [0.25, 0.3) is 0 Å². The molecule has 4 heteroatoms. The molecule has 2 rings (SSSR count). The fourth-order valence-electron chi connectivity index (χ4n) is 3.29. The highest BCUT2D eigenvalue weighted by molar-refractivity contribution is 7.98. The molecular weight excluding hydrogens is 282 g/mol. The number of rotatable bonds is 6. The van der Waals surface area contributed by atoms with Crippen molar-refractivity contribution in [2.75, 3.05) is 19.3 Å². The molecule has 116 valence electrons. The number of aliphatic carboxylic acids is 1. The molecule has 0 aromatic heterocycles. The largest absolute Gasteiger partial charge is 0.481 e. The Hall–Kier alpha value is -1.00. The number of thioether (sulfide) groups is 1. The highest BCUT2D eigenvalue weighted by Crippen LogP contribution is 2.39. The summed E-state index contributed by atoms with van der Waals surface area (Å²) in [6, 6.07) is 8.89. The van der Waals surface area contributed by atoms with Crippen molar-refractivity contribution in [3.8, 4) is 0 Å². The Morgan fingerprint density at radius 3 is 2.62 bits per heavy atom. The van der Waals surface area contributed by atoms with E-state index in [9.17, 15) is 9.90 Å². The molecule has 0 saturated carbocycles. The maximum absolute atomic E-state index is 11.7. The van der Waals surface area contributed by atoms with E-state index in [1.807, 2.05) is 0 Å². The number of benzene rings is 1. The predicted octanol–water partition coefficient (Wildman–Crippen LogP) is 4.05. The number of nitrogens with zero attached hydrogens (tertiary/aromatic N) is 1. The van der Waals surface area contributed by atoms with Gasteiger partial charge in [0.2, 0.25) is 0 Å². The predicted molar refractivity (Wildman–Crippen MR) is 87.8 cm³/mol. The monoisotopic (exact) mass is 307 g/mol. The zero-order valence-corrected chi connectivity index (χ0v) is 13.9. The maximum Gasteiger partial charge on any atom is 0.310 e. The lowest BCUT2D eigenvalue weighted by Crippen LogP contribution is -2.35. The third-order valence-electron chi connectivity index (χ3n) is 4.71. The van der Waals surface area contributed by atoms with Gasteiger partial charge in [0, 0.05) is 17.5 Å². The number of carbonyl (C=O) groups is 1. The van der Waals surface area contributed by atoms with E-state index in [-0.39, 0.29) is 6.04 Å². The first-order valence-corrected chi connectivity index (χ1v) is 8.86. The number of hydrogen-bond acceptors (Lipinski definition) is 3. The Morgan fingerprint density at radius 1 is 1.43 bits per heavy atom. The van der Waals surface area contributed by atoms with Crippen molar-refractivity contribution in [3.05, 3.63) is 29.8 Å². The van der Waals surface area contributed by atoms with Crippen LogP contribution in [0.3, 0.4) is 0 Å². The van der Waals surface area contributed by atoms with Crippen molar-refractivity contribution in [1.29, 1.82) is 0 Å². The average Bonchev–Trinajstić information content (AvgIpc) is 2.93. The third kappa shape index (κ3) is 3.43. The van der Waals surface area contributed by atoms with Crippen molar-refractivity contribution >= 4 is 17.7 Å². The zero-order valence-electron chi connectivity index (χ0n) is 13.1. The van der Waals surface area contributed by atoms with Gasteiger partial charge in [0.05, 0.1) is 5.41 Å². The van der Waals surface area contributed by atoms with E-state index >= 15 is 0 Å². The molecular formula is C17H25NO2S. The van der Waals surface area contributed by atoms with Crippen LogP contribution in [0.5, 0.6) is 0 Å². The lowest BCUT2D eigenvalue weighted by atomic mass is 9.82. The van der Waals surface area contributed by atoms with Crippen LogP contribution in [0.15, 0.2) is 29.2 Å². The molecule has 2 atom stereocenters. The summed E-state index contributed by atoms with van der Waals surface area (Å²) in [5, 5.41) is 9.60. The van der Waals surface area contributed by atoms with Gasteiger partial charge in [-0.25, -0.2) is 0 Å². The quantitative estimate of drug-likeness (QED) is 0.805. The van der Waals surface area contributed by atoms with Crippen LogP contribution in [0.4, 0.5) is 0 Å². The number of hydrogen-bond donors (Lipinski definition) is 1.